The fourth-order valence-electron chi connectivity index (χ4n) is 2.31. The van der Waals surface area contributed by atoms with E-state index < -0.39 is 17.6 Å². The second-order valence-corrected chi connectivity index (χ2v) is 5.67. The number of methoxy groups -OCH3 is 1. The standard InChI is InChI=1S/C16H16F3N3O3/c1-22-15(12(24-2)13(21-22)16(17,18)19)25-11-6-4-3-5-10(11)20-14(23)9-7-8-9/h3-6,9H,7-8H2,1-2H3,(H,20,23). The van der Waals surface area contributed by atoms with Crippen LogP contribution in [0.1, 0.15) is 18.5 Å². The van der Waals surface area contributed by atoms with Crippen molar-refractivity contribution >= 4 is 11.6 Å². The third-order valence-corrected chi connectivity index (χ3v) is 3.73. The van der Waals surface area contributed by atoms with E-state index in [0.717, 1.165) is 24.6 Å². The highest BCUT2D eigenvalue weighted by Crippen LogP contribution is 2.43. The summed E-state index contributed by atoms with van der Waals surface area (Å²) >= 11 is 0. The van der Waals surface area contributed by atoms with E-state index in [1.165, 1.54) is 7.05 Å². The number of para-hydroxylation sites is 2. The zero-order valence-electron chi connectivity index (χ0n) is 13.6. The van der Waals surface area contributed by atoms with Gasteiger partial charge in [-0.2, -0.15) is 18.3 Å². The number of carbonyl (C=O) groups is 1. The molecule has 0 bridgehead atoms. The van der Waals surface area contributed by atoms with Crippen LogP contribution in [-0.2, 0) is 18.0 Å². The van der Waals surface area contributed by atoms with Crippen molar-refractivity contribution in [1.29, 1.82) is 0 Å². The summed E-state index contributed by atoms with van der Waals surface area (Å²) in [6, 6.07) is 6.50. The van der Waals surface area contributed by atoms with Crippen molar-refractivity contribution in [2.45, 2.75) is 19.0 Å². The van der Waals surface area contributed by atoms with Crippen molar-refractivity contribution in [2.75, 3.05) is 12.4 Å². The van der Waals surface area contributed by atoms with Crippen LogP contribution >= 0.6 is 0 Å². The lowest BCUT2D eigenvalue weighted by Crippen LogP contribution is -2.14. The van der Waals surface area contributed by atoms with Crippen LogP contribution in [0.5, 0.6) is 17.4 Å². The number of rotatable bonds is 5. The molecule has 6 nitrogen and oxygen atoms in total. The Bertz CT molecular complexity index is 798. The highest BCUT2D eigenvalue weighted by atomic mass is 19.4. The van der Waals surface area contributed by atoms with E-state index in [0.29, 0.717) is 5.69 Å². The zero-order valence-corrected chi connectivity index (χ0v) is 13.6. The van der Waals surface area contributed by atoms with Crippen LogP contribution in [-0.4, -0.2) is 22.8 Å². The lowest BCUT2D eigenvalue weighted by molar-refractivity contribution is -0.142. The van der Waals surface area contributed by atoms with E-state index in [2.05, 4.69) is 10.4 Å². The van der Waals surface area contributed by atoms with Crippen molar-refractivity contribution in [1.82, 2.24) is 9.78 Å². The molecule has 0 atom stereocenters. The number of anilines is 1. The molecule has 1 aromatic carbocycles. The summed E-state index contributed by atoms with van der Waals surface area (Å²) < 4.78 is 50.5. The summed E-state index contributed by atoms with van der Waals surface area (Å²) in [6.45, 7) is 0. The van der Waals surface area contributed by atoms with E-state index in [1.54, 1.807) is 24.3 Å². The average Bonchev–Trinajstić information content (AvgIpc) is 3.34. The first-order valence-electron chi connectivity index (χ1n) is 7.57. The van der Waals surface area contributed by atoms with Crippen LogP contribution in [0, 0.1) is 5.92 Å². The molecule has 0 radical (unpaired) electrons. The summed E-state index contributed by atoms with van der Waals surface area (Å²) in [5, 5.41) is 6.16. The van der Waals surface area contributed by atoms with Gasteiger partial charge >= 0.3 is 6.18 Å². The molecule has 134 valence electrons. The Morgan fingerprint density at radius 1 is 1.32 bits per heavy atom. The minimum atomic E-state index is -4.68. The van der Waals surface area contributed by atoms with Gasteiger partial charge in [0.25, 0.3) is 5.88 Å². The Balaban J connectivity index is 1.92. The number of halogens is 3. The number of nitrogens with one attached hydrogen (secondary N) is 1. The van der Waals surface area contributed by atoms with E-state index in [1.807, 2.05) is 0 Å². The first kappa shape index (κ1) is 17.1. The van der Waals surface area contributed by atoms with Crippen LogP contribution in [0.25, 0.3) is 0 Å². The molecule has 1 heterocycles. The maximum absolute atomic E-state index is 13.0. The first-order valence-corrected chi connectivity index (χ1v) is 7.57. The second-order valence-electron chi connectivity index (χ2n) is 5.67. The van der Waals surface area contributed by atoms with Crippen LogP contribution in [0.4, 0.5) is 18.9 Å². The summed E-state index contributed by atoms with van der Waals surface area (Å²) in [4.78, 5) is 11.9. The van der Waals surface area contributed by atoms with Gasteiger partial charge in [0, 0.05) is 13.0 Å². The molecule has 2 aromatic rings. The number of carbonyl (C=O) groups excluding carboxylic acids is 1. The van der Waals surface area contributed by atoms with Gasteiger partial charge in [0.2, 0.25) is 17.4 Å². The van der Waals surface area contributed by atoms with Crippen molar-refractivity contribution in [3.63, 3.8) is 0 Å². The topological polar surface area (TPSA) is 65.4 Å². The first-order chi connectivity index (χ1) is 11.8. The number of amides is 1. The number of hydrogen-bond acceptors (Lipinski definition) is 4. The maximum atomic E-state index is 13.0. The molecule has 9 heteroatoms. The van der Waals surface area contributed by atoms with E-state index in [4.69, 9.17) is 9.47 Å². The number of aryl methyl sites for hydroxylation is 1. The summed E-state index contributed by atoms with van der Waals surface area (Å²) in [7, 11) is 2.43. The van der Waals surface area contributed by atoms with Crippen molar-refractivity contribution in [2.24, 2.45) is 13.0 Å². The molecule has 0 saturated heterocycles. The van der Waals surface area contributed by atoms with Crippen LogP contribution in [0.3, 0.4) is 0 Å². The molecule has 1 aliphatic rings. The Morgan fingerprint density at radius 3 is 2.60 bits per heavy atom. The quantitative estimate of drug-likeness (QED) is 0.890. The SMILES string of the molecule is COc1c(C(F)(F)F)nn(C)c1Oc1ccccc1NC(=O)C1CC1. The van der Waals surface area contributed by atoms with Gasteiger partial charge in [-0.15, -0.1) is 0 Å². The smallest absolute Gasteiger partial charge is 0.439 e. The van der Waals surface area contributed by atoms with Crippen molar-refractivity contribution in [3.05, 3.63) is 30.0 Å². The number of alkyl halides is 3. The lowest BCUT2D eigenvalue weighted by atomic mass is 10.2. The third-order valence-electron chi connectivity index (χ3n) is 3.73. The van der Waals surface area contributed by atoms with E-state index in [-0.39, 0.29) is 23.5 Å². The largest absolute Gasteiger partial charge is 0.490 e. The van der Waals surface area contributed by atoms with Crippen molar-refractivity contribution in [3.8, 4) is 17.4 Å². The fraction of sp³-hybridized carbons (Fsp3) is 0.375. The van der Waals surface area contributed by atoms with Gasteiger partial charge in [-0.1, -0.05) is 12.1 Å². The number of hydrogen-bond donors (Lipinski definition) is 1. The number of aromatic nitrogens is 2. The normalized spacial score (nSPS) is 14.3. The van der Waals surface area contributed by atoms with Gasteiger partial charge in [-0.3, -0.25) is 4.79 Å². The van der Waals surface area contributed by atoms with Crippen LogP contribution in [0.15, 0.2) is 24.3 Å². The molecular formula is C16H16F3N3O3. The molecule has 3 rings (SSSR count). The Morgan fingerprint density at radius 2 is 2.00 bits per heavy atom. The molecule has 1 aliphatic carbocycles. The number of nitrogens with zero attached hydrogens (tertiary/aromatic N) is 2. The molecular weight excluding hydrogens is 339 g/mol. The molecule has 0 spiro atoms. The molecule has 1 aromatic heterocycles. The predicted molar refractivity (Wildman–Crippen MR) is 82.6 cm³/mol. The number of benzene rings is 1. The van der Waals surface area contributed by atoms with Crippen LogP contribution in [0.2, 0.25) is 0 Å². The lowest BCUT2D eigenvalue weighted by Gasteiger charge is -2.13. The molecule has 1 saturated carbocycles. The Kier molecular flexibility index (Phi) is 4.32. The van der Waals surface area contributed by atoms with Gasteiger partial charge in [0.05, 0.1) is 12.8 Å². The minimum absolute atomic E-state index is 0.0175. The summed E-state index contributed by atoms with van der Waals surface area (Å²) in [5.74, 6) is -0.673. The highest BCUT2D eigenvalue weighted by molar-refractivity contribution is 5.95. The van der Waals surface area contributed by atoms with E-state index in [9.17, 15) is 18.0 Å². The average molecular weight is 355 g/mol. The summed E-state index contributed by atoms with van der Waals surface area (Å²) in [5.41, 5.74) is -0.803. The molecule has 1 N–H and O–H groups in total. The second kappa shape index (κ2) is 6.30. The van der Waals surface area contributed by atoms with Gasteiger partial charge < -0.3 is 14.8 Å². The minimum Gasteiger partial charge on any atom is -0.490 e. The van der Waals surface area contributed by atoms with Crippen LogP contribution < -0.4 is 14.8 Å². The maximum Gasteiger partial charge on any atom is 0.439 e. The molecule has 25 heavy (non-hydrogen) atoms. The zero-order chi connectivity index (χ0) is 18.2. The Labute approximate surface area is 141 Å². The monoisotopic (exact) mass is 355 g/mol. The molecule has 0 unspecified atom stereocenters. The Hall–Kier alpha value is -2.71. The van der Waals surface area contributed by atoms with Gasteiger partial charge in [-0.05, 0) is 25.0 Å². The fourth-order valence-corrected chi connectivity index (χ4v) is 2.31. The van der Waals surface area contributed by atoms with Gasteiger partial charge in [-0.25, -0.2) is 4.68 Å². The molecule has 0 aliphatic heterocycles. The molecule has 1 amide bonds. The third kappa shape index (κ3) is 3.54. The predicted octanol–water partition coefficient (Wildman–Crippen LogP) is 3.59. The number of ether oxygens (including phenoxy) is 2. The summed E-state index contributed by atoms with van der Waals surface area (Å²) in [6.07, 6.45) is -3.01. The van der Waals surface area contributed by atoms with Gasteiger partial charge in [0.1, 0.15) is 0 Å². The van der Waals surface area contributed by atoms with Gasteiger partial charge in [0.15, 0.2) is 5.75 Å². The molecule has 1 fully saturated rings. The van der Waals surface area contributed by atoms with E-state index >= 15 is 0 Å². The highest BCUT2D eigenvalue weighted by Gasteiger charge is 2.41. The van der Waals surface area contributed by atoms with Crippen molar-refractivity contribution < 1.29 is 27.4 Å².